The monoisotopic (exact) mass is 385 g/mol. The van der Waals surface area contributed by atoms with Gasteiger partial charge in [0.25, 0.3) is 5.91 Å². The number of esters is 1. The number of carbonyl (C=O) groups excluding carboxylic acids is 4. The Bertz CT molecular complexity index is 886. The zero-order chi connectivity index (χ0) is 20.7. The van der Waals surface area contributed by atoms with Crippen molar-refractivity contribution in [3.05, 3.63) is 65.7 Å². The lowest BCUT2D eigenvalue weighted by Crippen LogP contribution is -2.44. The SMILES string of the molecule is NC(=O)C[C@H](NC=O)C(=O)Oc1ccccc1C(O)(C(N)=O)c1ccccc1. The molecule has 6 N–H and O–H groups in total. The summed E-state index contributed by atoms with van der Waals surface area (Å²) >= 11 is 0. The largest absolute Gasteiger partial charge is 0.425 e. The maximum atomic E-state index is 12.4. The van der Waals surface area contributed by atoms with Crippen LogP contribution in [0.1, 0.15) is 17.5 Å². The van der Waals surface area contributed by atoms with Crippen molar-refractivity contribution in [2.45, 2.75) is 18.1 Å². The molecule has 146 valence electrons. The van der Waals surface area contributed by atoms with Crippen LogP contribution >= 0.6 is 0 Å². The van der Waals surface area contributed by atoms with E-state index >= 15 is 0 Å². The predicted octanol–water partition coefficient (Wildman–Crippen LogP) is -0.697. The Hall–Kier alpha value is -3.72. The Morgan fingerprint density at radius 1 is 1.07 bits per heavy atom. The first-order chi connectivity index (χ1) is 13.3. The molecule has 0 aromatic heterocycles. The van der Waals surface area contributed by atoms with E-state index in [1.54, 1.807) is 18.2 Å². The highest BCUT2D eigenvalue weighted by Crippen LogP contribution is 2.35. The molecule has 0 heterocycles. The standard InChI is InChI=1S/C19H19N3O6/c20-16(24)10-14(22-11-23)17(25)28-15-9-5-4-8-13(15)19(27,18(21)26)12-6-2-1-3-7-12/h1-9,11,14,27H,10H2,(H2,20,24)(H2,21,26)(H,22,23)/t14-,19?/m0/s1. The second-order valence-electron chi connectivity index (χ2n) is 5.87. The lowest BCUT2D eigenvalue weighted by molar-refractivity contribution is -0.140. The molecule has 0 saturated heterocycles. The number of nitrogens with one attached hydrogen (secondary N) is 1. The van der Waals surface area contributed by atoms with Gasteiger partial charge in [-0.05, 0) is 11.6 Å². The highest BCUT2D eigenvalue weighted by Gasteiger charge is 2.41. The third-order valence-corrected chi connectivity index (χ3v) is 3.99. The van der Waals surface area contributed by atoms with E-state index in [4.69, 9.17) is 16.2 Å². The molecule has 3 amide bonds. The van der Waals surface area contributed by atoms with Crippen LogP contribution in [0.15, 0.2) is 54.6 Å². The van der Waals surface area contributed by atoms with Crippen LogP contribution in [-0.2, 0) is 24.8 Å². The minimum Gasteiger partial charge on any atom is -0.425 e. The average molecular weight is 385 g/mol. The van der Waals surface area contributed by atoms with E-state index in [9.17, 15) is 24.3 Å². The molecular formula is C19H19N3O6. The van der Waals surface area contributed by atoms with Crippen LogP contribution in [0.5, 0.6) is 5.75 Å². The number of hydrogen-bond donors (Lipinski definition) is 4. The van der Waals surface area contributed by atoms with Gasteiger partial charge < -0.3 is 26.6 Å². The summed E-state index contributed by atoms with van der Waals surface area (Å²) in [5, 5.41) is 13.2. The molecule has 0 saturated carbocycles. The molecule has 0 spiro atoms. The van der Waals surface area contributed by atoms with E-state index in [0.29, 0.717) is 0 Å². The van der Waals surface area contributed by atoms with Crippen molar-refractivity contribution in [1.82, 2.24) is 5.32 Å². The van der Waals surface area contributed by atoms with Crippen LogP contribution in [0.4, 0.5) is 0 Å². The Labute approximate surface area is 160 Å². The van der Waals surface area contributed by atoms with Gasteiger partial charge in [-0.15, -0.1) is 0 Å². The fraction of sp³-hybridized carbons (Fsp3) is 0.158. The summed E-state index contributed by atoms with van der Waals surface area (Å²) in [6.07, 6.45) is -0.261. The molecule has 9 nitrogen and oxygen atoms in total. The van der Waals surface area contributed by atoms with Crippen molar-refractivity contribution in [1.29, 1.82) is 0 Å². The third kappa shape index (κ3) is 4.33. The van der Waals surface area contributed by atoms with Gasteiger partial charge in [0.15, 0.2) is 5.60 Å². The zero-order valence-electron chi connectivity index (χ0n) is 14.7. The minimum absolute atomic E-state index is 0.0778. The van der Waals surface area contributed by atoms with Gasteiger partial charge in [-0.25, -0.2) is 4.79 Å². The van der Waals surface area contributed by atoms with Crippen molar-refractivity contribution in [3.63, 3.8) is 0 Å². The van der Waals surface area contributed by atoms with E-state index in [-0.39, 0.29) is 23.3 Å². The van der Waals surface area contributed by atoms with Gasteiger partial charge >= 0.3 is 5.97 Å². The normalized spacial score (nSPS) is 13.6. The molecular weight excluding hydrogens is 366 g/mol. The van der Waals surface area contributed by atoms with Crippen molar-refractivity contribution in [2.24, 2.45) is 11.5 Å². The molecule has 9 heteroatoms. The van der Waals surface area contributed by atoms with Crippen LogP contribution in [0.2, 0.25) is 0 Å². The quantitative estimate of drug-likeness (QED) is 0.253. The van der Waals surface area contributed by atoms with Gasteiger partial charge in [-0.2, -0.15) is 0 Å². The van der Waals surface area contributed by atoms with Gasteiger partial charge in [-0.3, -0.25) is 14.4 Å². The number of primary amides is 2. The van der Waals surface area contributed by atoms with Gasteiger partial charge in [0, 0.05) is 5.56 Å². The Balaban J connectivity index is 2.46. The summed E-state index contributed by atoms with van der Waals surface area (Å²) in [5.41, 5.74) is 8.34. The summed E-state index contributed by atoms with van der Waals surface area (Å²) < 4.78 is 5.24. The third-order valence-electron chi connectivity index (χ3n) is 3.99. The number of benzene rings is 2. The summed E-state index contributed by atoms with van der Waals surface area (Å²) in [5.74, 6) is -3.08. The van der Waals surface area contributed by atoms with Gasteiger partial charge in [0.05, 0.1) is 6.42 Å². The first-order valence-electron chi connectivity index (χ1n) is 8.17. The van der Waals surface area contributed by atoms with Crippen molar-refractivity contribution in [3.8, 4) is 5.75 Å². The molecule has 2 aromatic rings. The Morgan fingerprint density at radius 3 is 2.25 bits per heavy atom. The molecule has 2 aromatic carbocycles. The van der Waals surface area contributed by atoms with Crippen LogP contribution in [0, 0.1) is 0 Å². The van der Waals surface area contributed by atoms with Crippen molar-refractivity contribution < 1.29 is 29.0 Å². The number of carbonyl (C=O) groups is 4. The second-order valence-corrected chi connectivity index (χ2v) is 5.87. The van der Waals surface area contributed by atoms with Gasteiger partial charge in [0.2, 0.25) is 12.3 Å². The molecule has 1 unspecified atom stereocenters. The molecule has 0 aliphatic heterocycles. The summed E-state index contributed by atoms with van der Waals surface area (Å²) in [4.78, 5) is 46.3. The molecule has 0 fully saturated rings. The molecule has 0 bridgehead atoms. The molecule has 2 rings (SSSR count). The number of hydrogen-bond acceptors (Lipinski definition) is 6. The maximum absolute atomic E-state index is 12.4. The lowest BCUT2D eigenvalue weighted by atomic mass is 9.85. The summed E-state index contributed by atoms with van der Waals surface area (Å²) in [7, 11) is 0. The number of ether oxygens (including phenoxy) is 1. The average Bonchev–Trinajstić information content (AvgIpc) is 2.67. The lowest BCUT2D eigenvalue weighted by Gasteiger charge is -2.27. The van der Waals surface area contributed by atoms with E-state index in [2.05, 4.69) is 5.32 Å². The van der Waals surface area contributed by atoms with Crippen LogP contribution in [-0.4, -0.2) is 35.3 Å². The maximum Gasteiger partial charge on any atom is 0.334 e. The van der Waals surface area contributed by atoms with Crippen molar-refractivity contribution >= 4 is 24.2 Å². The Morgan fingerprint density at radius 2 is 1.68 bits per heavy atom. The van der Waals surface area contributed by atoms with Crippen LogP contribution < -0.4 is 21.5 Å². The second kappa shape index (κ2) is 8.78. The van der Waals surface area contributed by atoms with Crippen LogP contribution in [0.25, 0.3) is 0 Å². The van der Waals surface area contributed by atoms with Crippen LogP contribution in [0.3, 0.4) is 0 Å². The van der Waals surface area contributed by atoms with Gasteiger partial charge in [0.1, 0.15) is 11.8 Å². The van der Waals surface area contributed by atoms with Gasteiger partial charge in [-0.1, -0.05) is 48.5 Å². The summed E-state index contributed by atoms with van der Waals surface area (Å²) in [6.45, 7) is 0. The van der Waals surface area contributed by atoms with E-state index in [1.807, 2.05) is 0 Å². The number of amides is 3. The Kier molecular flexibility index (Phi) is 6.46. The smallest absolute Gasteiger partial charge is 0.334 e. The number of rotatable bonds is 9. The first-order valence-corrected chi connectivity index (χ1v) is 8.17. The highest BCUT2D eigenvalue weighted by atomic mass is 16.5. The molecule has 0 radical (unpaired) electrons. The first kappa shape index (κ1) is 20.6. The zero-order valence-corrected chi connectivity index (χ0v) is 14.7. The number of para-hydroxylation sites is 1. The predicted molar refractivity (Wildman–Crippen MR) is 97.5 cm³/mol. The fourth-order valence-corrected chi connectivity index (χ4v) is 2.64. The minimum atomic E-state index is -2.28. The fourth-order valence-electron chi connectivity index (χ4n) is 2.64. The molecule has 0 aliphatic rings. The topological polar surface area (TPSA) is 162 Å². The van der Waals surface area contributed by atoms with Crippen molar-refractivity contribution in [2.75, 3.05) is 0 Å². The van der Waals surface area contributed by atoms with E-state index < -0.39 is 35.8 Å². The molecule has 0 aliphatic carbocycles. The molecule has 28 heavy (non-hydrogen) atoms. The highest BCUT2D eigenvalue weighted by molar-refractivity contribution is 5.91. The number of aliphatic hydroxyl groups is 1. The van der Waals surface area contributed by atoms with E-state index in [1.165, 1.54) is 36.4 Å². The van der Waals surface area contributed by atoms with E-state index in [0.717, 1.165) is 0 Å². The summed E-state index contributed by atoms with van der Waals surface area (Å²) in [6, 6.07) is 12.3. The number of nitrogens with two attached hydrogens (primary N) is 2. The molecule has 2 atom stereocenters.